The van der Waals surface area contributed by atoms with Gasteiger partial charge in [0, 0.05) is 33.9 Å². The van der Waals surface area contributed by atoms with Crippen LogP contribution in [0, 0.1) is 10.1 Å². The first-order valence-electron chi connectivity index (χ1n) is 6.80. The summed E-state index contributed by atoms with van der Waals surface area (Å²) in [5.74, 6) is -0.591. The third-order valence-corrected chi connectivity index (χ3v) is 4.28. The Morgan fingerprint density at radius 3 is 2.58 bits per heavy atom. The van der Waals surface area contributed by atoms with Crippen molar-refractivity contribution in [2.24, 2.45) is 0 Å². The zero-order valence-electron chi connectivity index (χ0n) is 12.1. The van der Waals surface area contributed by atoms with E-state index in [4.69, 9.17) is 11.6 Å². The monoisotopic (exact) mass is 359 g/mol. The van der Waals surface area contributed by atoms with Gasteiger partial charge in [-0.3, -0.25) is 14.9 Å². The SMILES string of the molecule is O=C(Nc1ccc(-c2nccs2)cc1)c1cc(Cl)ccc1[N+](=O)[O-]. The first kappa shape index (κ1) is 16.1. The lowest BCUT2D eigenvalue weighted by atomic mass is 10.1. The summed E-state index contributed by atoms with van der Waals surface area (Å²) in [6, 6.07) is 10.9. The highest BCUT2D eigenvalue weighted by molar-refractivity contribution is 7.13. The number of nitrogens with one attached hydrogen (secondary N) is 1. The summed E-state index contributed by atoms with van der Waals surface area (Å²) in [7, 11) is 0. The predicted molar refractivity (Wildman–Crippen MR) is 93.6 cm³/mol. The number of amides is 1. The summed E-state index contributed by atoms with van der Waals surface area (Å²) in [4.78, 5) is 27.0. The van der Waals surface area contributed by atoms with E-state index in [1.807, 2.05) is 17.5 Å². The van der Waals surface area contributed by atoms with Gasteiger partial charge in [0.05, 0.1) is 4.92 Å². The van der Waals surface area contributed by atoms with Crippen LogP contribution in [-0.4, -0.2) is 15.8 Å². The molecule has 120 valence electrons. The van der Waals surface area contributed by atoms with Gasteiger partial charge in [0.25, 0.3) is 11.6 Å². The molecule has 0 saturated heterocycles. The molecule has 1 aromatic heterocycles. The van der Waals surface area contributed by atoms with Gasteiger partial charge in [-0.2, -0.15) is 0 Å². The smallest absolute Gasteiger partial charge is 0.282 e. The van der Waals surface area contributed by atoms with Crippen LogP contribution in [0.4, 0.5) is 11.4 Å². The molecule has 1 amide bonds. The molecule has 0 aliphatic heterocycles. The summed E-state index contributed by atoms with van der Waals surface area (Å²) in [6.45, 7) is 0. The number of carbonyl (C=O) groups excluding carboxylic acids is 1. The minimum absolute atomic E-state index is 0.0866. The van der Waals surface area contributed by atoms with Crippen molar-refractivity contribution in [3.63, 3.8) is 0 Å². The fourth-order valence-corrected chi connectivity index (χ4v) is 2.93. The molecule has 0 aliphatic carbocycles. The minimum Gasteiger partial charge on any atom is -0.322 e. The Bertz CT molecular complexity index is 895. The molecule has 0 aliphatic rings. The van der Waals surface area contributed by atoms with Crippen molar-refractivity contribution >= 4 is 40.2 Å². The van der Waals surface area contributed by atoms with E-state index >= 15 is 0 Å². The number of nitrogens with zero attached hydrogens (tertiary/aromatic N) is 2. The minimum atomic E-state index is -0.614. The Labute approximate surface area is 145 Å². The molecule has 2 aromatic carbocycles. The van der Waals surface area contributed by atoms with Crippen LogP contribution < -0.4 is 5.32 Å². The second-order valence-corrected chi connectivity index (χ2v) is 6.12. The fourth-order valence-electron chi connectivity index (χ4n) is 2.11. The zero-order chi connectivity index (χ0) is 17.1. The summed E-state index contributed by atoms with van der Waals surface area (Å²) in [5, 5.41) is 16.7. The maximum absolute atomic E-state index is 12.3. The molecule has 0 saturated carbocycles. The maximum Gasteiger partial charge on any atom is 0.282 e. The number of hydrogen-bond donors (Lipinski definition) is 1. The van der Waals surface area contributed by atoms with E-state index in [0.29, 0.717) is 5.69 Å². The molecule has 0 spiro atoms. The van der Waals surface area contributed by atoms with E-state index in [-0.39, 0.29) is 16.3 Å². The van der Waals surface area contributed by atoms with Gasteiger partial charge in [0.2, 0.25) is 0 Å². The van der Waals surface area contributed by atoms with Crippen LogP contribution in [0.15, 0.2) is 54.0 Å². The Balaban J connectivity index is 1.83. The van der Waals surface area contributed by atoms with Crippen LogP contribution >= 0.6 is 22.9 Å². The van der Waals surface area contributed by atoms with Crippen LogP contribution in [-0.2, 0) is 0 Å². The van der Waals surface area contributed by atoms with Crippen molar-refractivity contribution in [3.05, 3.63) is 74.7 Å². The van der Waals surface area contributed by atoms with Crippen LogP contribution in [0.5, 0.6) is 0 Å². The molecule has 0 fully saturated rings. The highest BCUT2D eigenvalue weighted by atomic mass is 35.5. The van der Waals surface area contributed by atoms with Crippen molar-refractivity contribution < 1.29 is 9.72 Å². The van der Waals surface area contributed by atoms with E-state index < -0.39 is 10.8 Å². The largest absolute Gasteiger partial charge is 0.322 e. The average molecular weight is 360 g/mol. The molecule has 6 nitrogen and oxygen atoms in total. The summed E-state index contributed by atoms with van der Waals surface area (Å²) >= 11 is 7.35. The Kier molecular flexibility index (Phi) is 4.54. The molecule has 0 unspecified atom stereocenters. The van der Waals surface area contributed by atoms with Crippen LogP contribution in [0.3, 0.4) is 0 Å². The van der Waals surface area contributed by atoms with E-state index in [0.717, 1.165) is 10.6 Å². The summed E-state index contributed by atoms with van der Waals surface area (Å²) in [6.07, 6.45) is 1.72. The van der Waals surface area contributed by atoms with Crippen LogP contribution in [0.25, 0.3) is 10.6 Å². The van der Waals surface area contributed by atoms with Gasteiger partial charge >= 0.3 is 0 Å². The zero-order valence-corrected chi connectivity index (χ0v) is 13.7. The van der Waals surface area contributed by atoms with Gasteiger partial charge in [-0.1, -0.05) is 11.6 Å². The molecular formula is C16H10ClN3O3S. The first-order chi connectivity index (χ1) is 11.5. The highest BCUT2D eigenvalue weighted by Crippen LogP contribution is 2.26. The van der Waals surface area contributed by atoms with Gasteiger partial charge < -0.3 is 5.32 Å². The second-order valence-electron chi connectivity index (χ2n) is 4.79. The number of benzene rings is 2. The van der Waals surface area contributed by atoms with E-state index in [1.54, 1.807) is 18.3 Å². The third kappa shape index (κ3) is 3.42. The molecular weight excluding hydrogens is 350 g/mol. The lowest BCUT2D eigenvalue weighted by Crippen LogP contribution is -2.13. The van der Waals surface area contributed by atoms with E-state index in [9.17, 15) is 14.9 Å². The van der Waals surface area contributed by atoms with Gasteiger partial charge in [-0.25, -0.2) is 4.98 Å². The lowest BCUT2D eigenvalue weighted by molar-refractivity contribution is -0.385. The molecule has 3 aromatic rings. The number of hydrogen-bond acceptors (Lipinski definition) is 5. The number of nitro benzene ring substituents is 1. The normalized spacial score (nSPS) is 10.4. The van der Waals surface area contributed by atoms with Crippen LogP contribution in [0.1, 0.15) is 10.4 Å². The van der Waals surface area contributed by atoms with Crippen molar-refractivity contribution in [1.82, 2.24) is 4.98 Å². The fraction of sp³-hybridized carbons (Fsp3) is 0. The molecule has 3 rings (SSSR count). The Morgan fingerprint density at radius 1 is 1.21 bits per heavy atom. The quantitative estimate of drug-likeness (QED) is 0.543. The van der Waals surface area contributed by atoms with Crippen LogP contribution in [0.2, 0.25) is 5.02 Å². The number of thiazole rings is 1. The van der Waals surface area contributed by atoms with Gasteiger partial charge in [-0.15, -0.1) is 11.3 Å². The summed E-state index contributed by atoms with van der Waals surface area (Å²) < 4.78 is 0. The van der Waals surface area contributed by atoms with Gasteiger partial charge in [0.1, 0.15) is 10.6 Å². The molecule has 0 atom stereocenters. The van der Waals surface area contributed by atoms with Crippen molar-refractivity contribution in [2.45, 2.75) is 0 Å². The standard InChI is InChI=1S/C16H10ClN3O3S/c17-11-3-6-14(20(22)23)13(9-11)15(21)19-12-4-1-10(2-5-12)16-18-7-8-24-16/h1-9H,(H,19,21). The van der Waals surface area contributed by atoms with Gasteiger partial charge in [-0.05, 0) is 36.4 Å². The Hall–Kier alpha value is -2.77. The predicted octanol–water partition coefficient (Wildman–Crippen LogP) is 4.62. The average Bonchev–Trinajstić information content (AvgIpc) is 3.09. The number of anilines is 1. The highest BCUT2D eigenvalue weighted by Gasteiger charge is 2.20. The summed E-state index contributed by atoms with van der Waals surface area (Å²) in [5.41, 5.74) is 1.07. The maximum atomic E-state index is 12.3. The number of aromatic nitrogens is 1. The molecule has 1 heterocycles. The van der Waals surface area contributed by atoms with E-state index in [1.165, 1.54) is 29.5 Å². The number of halogens is 1. The number of rotatable bonds is 4. The van der Waals surface area contributed by atoms with Gasteiger partial charge in [0.15, 0.2) is 0 Å². The third-order valence-electron chi connectivity index (χ3n) is 3.22. The van der Waals surface area contributed by atoms with Crippen molar-refractivity contribution in [3.8, 4) is 10.6 Å². The second kappa shape index (κ2) is 6.77. The topological polar surface area (TPSA) is 85.1 Å². The number of nitro groups is 1. The molecule has 24 heavy (non-hydrogen) atoms. The number of carbonyl (C=O) groups is 1. The van der Waals surface area contributed by atoms with Crippen molar-refractivity contribution in [2.75, 3.05) is 5.32 Å². The Morgan fingerprint density at radius 2 is 1.96 bits per heavy atom. The van der Waals surface area contributed by atoms with Crippen molar-refractivity contribution in [1.29, 1.82) is 0 Å². The van der Waals surface area contributed by atoms with E-state index in [2.05, 4.69) is 10.3 Å². The molecule has 8 heteroatoms. The molecule has 0 bridgehead atoms. The first-order valence-corrected chi connectivity index (χ1v) is 8.05. The molecule has 0 radical (unpaired) electrons. The lowest BCUT2D eigenvalue weighted by Gasteiger charge is -2.07. The molecule has 1 N–H and O–H groups in total.